The molecule has 136 valence electrons. The largest absolute Gasteiger partial charge is 0.512 e. The van der Waals surface area contributed by atoms with Crippen molar-refractivity contribution in [3.05, 3.63) is 77.0 Å². The van der Waals surface area contributed by atoms with E-state index in [9.17, 15) is 20.4 Å². The number of pyridine rings is 1. The topological polar surface area (TPSA) is 97.1 Å². The summed E-state index contributed by atoms with van der Waals surface area (Å²) in [4.78, 5) is 6.03. The number of rotatable bonds is 6. The summed E-state index contributed by atoms with van der Waals surface area (Å²) in [6.45, 7) is 1.32. The summed E-state index contributed by atoms with van der Waals surface area (Å²) in [5.41, 5.74) is 2.27. The first-order chi connectivity index (χ1) is 12.5. The second-order valence-electron chi connectivity index (χ2n) is 6.42. The highest BCUT2D eigenvalue weighted by molar-refractivity contribution is 5.39. The Morgan fingerprint density at radius 3 is 2.42 bits per heavy atom. The van der Waals surface area contributed by atoms with Gasteiger partial charge in [-0.05, 0) is 42.0 Å². The van der Waals surface area contributed by atoms with E-state index in [1.54, 1.807) is 18.5 Å². The fourth-order valence-electron chi connectivity index (χ4n) is 2.99. The summed E-state index contributed by atoms with van der Waals surface area (Å²) in [7, 11) is 0. The Morgan fingerprint density at radius 2 is 1.65 bits per heavy atom. The highest BCUT2D eigenvalue weighted by atomic mass is 16.3. The van der Waals surface area contributed by atoms with Gasteiger partial charge in [-0.25, -0.2) is 0 Å². The summed E-state index contributed by atoms with van der Waals surface area (Å²) in [5.74, 6) is 0.700. The molecule has 1 aliphatic rings. The van der Waals surface area contributed by atoms with Gasteiger partial charge in [0, 0.05) is 56.0 Å². The molecule has 1 heterocycles. The Morgan fingerprint density at radius 1 is 0.885 bits per heavy atom. The molecule has 1 aromatic carbocycles. The molecule has 3 rings (SSSR count). The van der Waals surface area contributed by atoms with Crippen LogP contribution in [0.15, 0.2) is 65.9 Å². The molecule has 0 bridgehead atoms. The lowest BCUT2D eigenvalue weighted by Crippen LogP contribution is -2.26. The van der Waals surface area contributed by atoms with E-state index in [0.717, 1.165) is 5.56 Å². The zero-order chi connectivity index (χ0) is 18.5. The maximum absolute atomic E-state index is 10.2. The fourth-order valence-corrected chi connectivity index (χ4v) is 2.99. The number of aromatic nitrogens is 1. The number of aromatic hydroxyl groups is 2. The van der Waals surface area contributed by atoms with Gasteiger partial charge >= 0.3 is 0 Å². The van der Waals surface area contributed by atoms with Crippen molar-refractivity contribution in [1.82, 2.24) is 9.88 Å². The molecule has 0 unspecified atom stereocenters. The maximum Gasteiger partial charge on any atom is 0.120 e. The molecule has 2 aromatic rings. The molecule has 6 heteroatoms. The van der Waals surface area contributed by atoms with Crippen LogP contribution in [0, 0.1) is 0 Å². The van der Waals surface area contributed by atoms with Crippen molar-refractivity contribution in [2.75, 3.05) is 6.54 Å². The number of phenolic OH excluding ortho intramolecular Hbond substituents is 2. The molecular formula is C20H22N2O4. The number of hydrogen-bond acceptors (Lipinski definition) is 6. The van der Waals surface area contributed by atoms with E-state index in [2.05, 4.69) is 4.98 Å². The predicted molar refractivity (Wildman–Crippen MR) is 97.7 cm³/mol. The van der Waals surface area contributed by atoms with Crippen LogP contribution in [0.1, 0.15) is 24.0 Å². The summed E-state index contributed by atoms with van der Waals surface area (Å²) in [5, 5.41) is 39.7. The van der Waals surface area contributed by atoms with Crippen molar-refractivity contribution in [3.63, 3.8) is 0 Å². The normalized spacial score (nSPS) is 14.6. The van der Waals surface area contributed by atoms with E-state index >= 15 is 0 Å². The van der Waals surface area contributed by atoms with E-state index in [1.165, 1.54) is 18.2 Å². The molecule has 4 N–H and O–H groups in total. The highest BCUT2D eigenvalue weighted by Gasteiger charge is 2.17. The number of benzene rings is 1. The van der Waals surface area contributed by atoms with E-state index < -0.39 is 0 Å². The molecule has 26 heavy (non-hydrogen) atoms. The molecule has 0 aliphatic heterocycles. The van der Waals surface area contributed by atoms with Crippen molar-refractivity contribution >= 4 is 0 Å². The highest BCUT2D eigenvalue weighted by Crippen LogP contribution is 2.26. The third-order valence-corrected chi connectivity index (χ3v) is 4.34. The Bertz CT molecular complexity index is 831. The first-order valence-electron chi connectivity index (χ1n) is 8.44. The lowest BCUT2D eigenvalue weighted by molar-refractivity contribution is 0.264. The van der Waals surface area contributed by atoms with Crippen LogP contribution in [0.25, 0.3) is 0 Å². The monoisotopic (exact) mass is 354 g/mol. The average molecular weight is 354 g/mol. The van der Waals surface area contributed by atoms with Gasteiger partial charge in [-0.15, -0.1) is 0 Å². The van der Waals surface area contributed by atoms with Gasteiger partial charge in [0.15, 0.2) is 0 Å². The van der Waals surface area contributed by atoms with E-state index in [0.29, 0.717) is 43.6 Å². The summed E-state index contributed by atoms with van der Waals surface area (Å²) in [6, 6.07) is 8.22. The third kappa shape index (κ3) is 4.55. The molecular weight excluding hydrogens is 332 g/mol. The first kappa shape index (κ1) is 17.8. The predicted octanol–water partition coefficient (Wildman–Crippen LogP) is 3.54. The molecule has 0 atom stereocenters. The van der Waals surface area contributed by atoms with E-state index in [-0.39, 0.29) is 23.0 Å². The van der Waals surface area contributed by atoms with Crippen molar-refractivity contribution in [2.24, 2.45) is 0 Å². The van der Waals surface area contributed by atoms with Gasteiger partial charge in [-0.1, -0.05) is 0 Å². The van der Waals surface area contributed by atoms with Crippen molar-refractivity contribution < 1.29 is 20.4 Å². The average Bonchev–Trinajstić information content (AvgIpc) is 2.62. The Balaban J connectivity index is 1.85. The number of nitrogens with zero attached hydrogens (tertiary/aromatic N) is 2. The molecule has 0 spiro atoms. The molecule has 0 fully saturated rings. The zero-order valence-corrected chi connectivity index (χ0v) is 14.3. The van der Waals surface area contributed by atoms with Crippen molar-refractivity contribution in [2.45, 2.75) is 25.9 Å². The van der Waals surface area contributed by atoms with Gasteiger partial charge in [0.05, 0.1) is 11.5 Å². The van der Waals surface area contributed by atoms with Gasteiger partial charge in [0.25, 0.3) is 0 Å². The maximum atomic E-state index is 10.2. The number of hydrogen-bond donors (Lipinski definition) is 4. The Labute approximate surface area is 152 Å². The van der Waals surface area contributed by atoms with Crippen LogP contribution in [0.3, 0.4) is 0 Å². The molecule has 0 saturated heterocycles. The van der Waals surface area contributed by atoms with Crippen LogP contribution in [-0.2, 0) is 13.1 Å². The minimum absolute atomic E-state index is 0.0823. The van der Waals surface area contributed by atoms with Crippen LogP contribution in [0.2, 0.25) is 0 Å². The minimum atomic E-state index is 0.0823. The lowest BCUT2D eigenvalue weighted by Gasteiger charge is -2.25. The number of aliphatic hydroxyl groups excluding tert-OH is 2. The minimum Gasteiger partial charge on any atom is -0.512 e. The molecule has 6 nitrogen and oxygen atoms in total. The Kier molecular flexibility index (Phi) is 5.43. The third-order valence-electron chi connectivity index (χ3n) is 4.34. The standard InChI is InChI=1S/C20H22N2O4/c23-17-1-3-19(25)15(9-17)12-22(11-14-5-7-21-8-6-14)13-16-10-18(24)2-4-20(16)26/h1,3,5-10,23-26H,2,4,11-13H2. The molecule has 0 radical (unpaired) electrons. The lowest BCUT2D eigenvalue weighted by atomic mass is 10.0. The van der Waals surface area contributed by atoms with Crippen LogP contribution in [-0.4, -0.2) is 36.9 Å². The van der Waals surface area contributed by atoms with Gasteiger partial charge in [0.2, 0.25) is 0 Å². The van der Waals surface area contributed by atoms with Gasteiger partial charge < -0.3 is 20.4 Å². The number of allylic oxidation sites excluding steroid dienone is 2. The van der Waals surface area contributed by atoms with Crippen LogP contribution in [0.4, 0.5) is 0 Å². The summed E-state index contributed by atoms with van der Waals surface area (Å²) < 4.78 is 0. The number of aliphatic hydroxyl groups is 2. The quantitative estimate of drug-likeness (QED) is 0.593. The molecule has 1 aromatic heterocycles. The fraction of sp³-hybridized carbons (Fsp3) is 0.250. The van der Waals surface area contributed by atoms with Gasteiger partial charge in [-0.3, -0.25) is 9.88 Å². The van der Waals surface area contributed by atoms with Crippen LogP contribution in [0.5, 0.6) is 11.5 Å². The van der Waals surface area contributed by atoms with Crippen LogP contribution >= 0.6 is 0 Å². The smallest absolute Gasteiger partial charge is 0.120 e. The van der Waals surface area contributed by atoms with Crippen LogP contribution < -0.4 is 0 Å². The van der Waals surface area contributed by atoms with Gasteiger partial charge in [0.1, 0.15) is 11.5 Å². The number of phenols is 2. The summed E-state index contributed by atoms with van der Waals surface area (Å²) in [6.07, 6.45) is 5.87. The first-order valence-corrected chi connectivity index (χ1v) is 8.44. The van der Waals surface area contributed by atoms with E-state index in [4.69, 9.17) is 0 Å². The molecule has 0 saturated carbocycles. The summed E-state index contributed by atoms with van der Waals surface area (Å²) >= 11 is 0. The van der Waals surface area contributed by atoms with Crippen molar-refractivity contribution in [1.29, 1.82) is 0 Å². The Hall–Kier alpha value is -2.99. The second-order valence-corrected chi connectivity index (χ2v) is 6.42. The molecule has 0 amide bonds. The molecule has 1 aliphatic carbocycles. The zero-order valence-electron chi connectivity index (χ0n) is 14.3. The van der Waals surface area contributed by atoms with Crippen molar-refractivity contribution in [3.8, 4) is 11.5 Å². The SMILES string of the molecule is OC1=CC(CN(Cc2ccncc2)Cc2cc(O)ccc2O)=C(O)CC1. The van der Waals surface area contributed by atoms with Gasteiger partial charge in [-0.2, -0.15) is 0 Å². The second kappa shape index (κ2) is 7.93. The van der Waals surface area contributed by atoms with E-state index in [1.807, 2.05) is 17.0 Å².